The lowest BCUT2D eigenvalue weighted by molar-refractivity contribution is -0.127. The van der Waals surface area contributed by atoms with Crippen molar-refractivity contribution in [1.82, 2.24) is 10.3 Å². The van der Waals surface area contributed by atoms with Crippen LogP contribution in [0.1, 0.15) is 16.8 Å². The highest BCUT2D eigenvalue weighted by atomic mass is 79.9. The Morgan fingerprint density at radius 1 is 1.23 bits per heavy atom. The number of thioether (sulfide) groups is 1. The maximum absolute atomic E-state index is 12.7. The summed E-state index contributed by atoms with van der Waals surface area (Å²) in [6.45, 7) is 3.82. The second-order valence-electron chi connectivity index (χ2n) is 6.46. The number of para-hydroxylation sites is 1. The lowest BCUT2D eigenvalue weighted by Crippen LogP contribution is -2.34. The van der Waals surface area contributed by atoms with E-state index in [1.165, 1.54) is 23.1 Å². The Balaban J connectivity index is 1.67. The molecule has 1 aliphatic rings. The van der Waals surface area contributed by atoms with Crippen LogP contribution in [0, 0.1) is 0 Å². The van der Waals surface area contributed by atoms with E-state index >= 15 is 0 Å². The first kappa shape index (κ1) is 22.6. The Morgan fingerprint density at radius 3 is 2.61 bits per heavy atom. The number of carbonyl (C=O) groups is 3. The van der Waals surface area contributed by atoms with Gasteiger partial charge in [0.05, 0.1) is 5.56 Å². The first-order chi connectivity index (χ1) is 14.9. The van der Waals surface area contributed by atoms with Crippen LogP contribution in [0.4, 0.5) is 5.69 Å². The van der Waals surface area contributed by atoms with Gasteiger partial charge in [0, 0.05) is 23.1 Å². The maximum atomic E-state index is 12.7. The van der Waals surface area contributed by atoms with Crippen LogP contribution in [0.15, 0.2) is 70.8 Å². The number of amides is 3. The molecule has 0 aromatic heterocycles. The zero-order chi connectivity index (χ0) is 22.4. The molecule has 0 saturated carbocycles. The molecule has 0 aliphatic carbocycles. The number of nitrogens with one attached hydrogen (secondary N) is 2. The fraction of sp³-hybridized carbons (Fsp3) is 0.143. The van der Waals surface area contributed by atoms with E-state index in [1.807, 2.05) is 0 Å². The van der Waals surface area contributed by atoms with Crippen molar-refractivity contribution in [1.29, 1.82) is 0 Å². The van der Waals surface area contributed by atoms with Crippen molar-refractivity contribution in [2.24, 2.45) is 5.10 Å². The summed E-state index contributed by atoms with van der Waals surface area (Å²) in [6.07, 6.45) is 1.47. The third kappa shape index (κ3) is 5.74. The molecule has 10 heteroatoms. The summed E-state index contributed by atoms with van der Waals surface area (Å²) in [5.74, 6) is -1.41. The number of carbonyl (C=O) groups excluding carboxylic acids is 3. The largest absolute Gasteiger partial charge is 0.507 e. The molecule has 1 fully saturated rings. The van der Waals surface area contributed by atoms with Gasteiger partial charge in [0.2, 0.25) is 11.8 Å². The van der Waals surface area contributed by atoms with Crippen molar-refractivity contribution < 1.29 is 19.5 Å². The van der Waals surface area contributed by atoms with Crippen molar-refractivity contribution in [3.05, 3.63) is 71.2 Å². The van der Waals surface area contributed by atoms with Crippen LogP contribution in [0.2, 0.25) is 0 Å². The number of hydrogen-bond donors (Lipinski definition) is 3. The number of aromatic hydroxyl groups is 1. The summed E-state index contributed by atoms with van der Waals surface area (Å²) in [7, 11) is 0. The van der Waals surface area contributed by atoms with E-state index in [0.29, 0.717) is 5.69 Å². The molecule has 0 bridgehead atoms. The Morgan fingerprint density at radius 2 is 1.94 bits per heavy atom. The number of anilines is 1. The minimum Gasteiger partial charge on any atom is -0.507 e. The highest BCUT2D eigenvalue weighted by Crippen LogP contribution is 2.30. The van der Waals surface area contributed by atoms with Gasteiger partial charge in [-0.15, -0.1) is 11.7 Å². The summed E-state index contributed by atoms with van der Waals surface area (Å²) in [6, 6.07) is 13.1. The van der Waals surface area contributed by atoms with Crippen LogP contribution in [0.3, 0.4) is 0 Å². The van der Waals surface area contributed by atoms with Crippen molar-refractivity contribution in [3.8, 4) is 5.75 Å². The summed E-state index contributed by atoms with van der Waals surface area (Å²) in [5, 5.41) is 16.1. The van der Waals surface area contributed by atoms with Gasteiger partial charge < -0.3 is 10.4 Å². The van der Waals surface area contributed by atoms with Crippen LogP contribution in [-0.2, 0) is 9.59 Å². The molecule has 1 heterocycles. The smallest absolute Gasteiger partial charge is 0.275 e. The Bertz CT molecular complexity index is 1040. The van der Waals surface area contributed by atoms with E-state index in [2.05, 4.69) is 38.4 Å². The molecule has 2 aromatic carbocycles. The minimum absolute atomic E-state index is 0.0559. The summed E-state index contributed by atoms with van der Waals surface area (Å²) in [5.41, 5.74) is 3.02. The second-order valence-corrected chi connectivity index (χ2v) is 8.54. The summed E-state index contributed by atoms with van der Waals surface area (Å²) < 4.78 is 0.888. The molecule has 3 rings (SSSR count). The fourth-order valence-electron chi connectivity index (χ4n) is 2.76. The van der Waals surface area contributed by atoms with Gasteiger partial charge in [0.1, 0.15) is 11.0 Å². The van der Waals surface area contributed by atoms with E-state index < -0.39 is 11.2 Å². The van der Waals surface area contributed by atoms with Crippen LogP contribution < -0.4 is 10.7 Å². The topological polar surface area (TPSA) is 111 Å². The van der Waals surface area contributed by atoms with E-state index in [0.717, 1.165) is 16.2 Å². The van der Waals surface area contributed by atoms with Gasteiger partial charge in [-0.2, -0.15) is 0 Å². The van der Waals surface area contributed by atoms with E-state index in [-0.39, 0.29) is 41.3 Å². The van der Waals surface area contributed by atoms with E-state index in [9.17, 15) is 19.5 Å². The lowest BCUT2D eigenvalue weighted by atomic mass is 10.2. The van der Waals surface area contributed by atoms with Crippen LogP contribution in [-0.4, -0.2) is 44.7 Å². The number of hydrogen-bond acceptors (Lipinski definition) is 6. The van der Waals surface area contributed by atoms with Crippen LogP contribution in [0.25, 0.3) is 0 Å². The normalized spacial score (nSPS) is 16.9. The first-order valence-corrected chi connectivity index (χ1v) is 10.9. The molecule has 3 N–H and O–H groups in total. The van der Waals surface area contributed by atoms with Crippen molar-refractivity contribution in [3.63, 3.8) is 0 Å². The quantitative estimate of drug-likeness (QED) is 0.397. The summed E-state index contributed by atoms with van der Waals surface area (Å²) >= 11 is 4.41. The van der Waals surface area contributed by atoms with E-state index in [1.54, 1.807) is 36.4 Å². The van der Waals surface area contributed by atoms with Crippen molar-refractivity contribution >= 4 is 56.3 Å². The molecule has 0 radical (unpaired) electrons. The first-order valence-electron chi connectivity index (χ1n) is 9.19. The highest BCUT2D eigenvalue weighted by Gasteiger charge is 2.38. The number of phenolic OH excluding ortho intramolecular Hbond substituents is 1. The number of hydrazone groups is 1. The fourth-order valence-corrected chi connectivity index (χ4v) is 4.13. The van der Waals surface area contributed by atoms with Crippen molar-refractivity contribution in [2.75, 3.05) is 11.9 Å². The van der Waals surface area contributed by atoms with Gasteiger partial charge in [-0.1, -0.05) is 45.9 Å². The molecule has 1 aliphatic heterocycles. The third-order valence-corrected chi connectivity index (χ3v) is 5.94. The molecule has 0 spiro atoms. The standard InChI is InChI=1S/C21H19BrN4O4S/c1-2-11-26-20(30)17(12-18(28)23-14-9-7-13(22)8-10-14)31-21(26)25-24-19(29)15-5-3-4-6-16(15)27/h2-10,17,27H,1,11-12H2,(H,23,28)(H,24,29). The van der Waals surface area contributed by atoms with E-state index in [4.69, 9.17) is 0 Å². The number of rotatable bonds is 7. The molecular formula is C21H19BrN4O4S. The van der Waals surface area contributed by atoms with Gasteiger partial charge in [-0.05, 0) is 36.4 Å². The van der Waals surface area contributed by atoms with Gasteiger partial charge >= 0.3 is 0 Å². The van der Waals surface area contributed by atoms with Gasteiger partial charge in [-0.3, -0.25) is 19.3 Å². The SMILES string of the molecule is C=CCN1C(=O)C(CC(=O)Nc2ccc(Br)cc2)SC1=NNC(=O)c1ccccc1O. The number of benzene rings is 2. The molecule has 160 valence electrons. The highest BCUT2D eigenvalue weighted by molar-refractivity contribution is 9.10. The molecular weight excluding hydrogens is 484 g/mol. The van der Waals surface area contributed by atoms with Gasteiger partial charge in [-0.25, -0.2) is 5.43 Å². The van der Waals surface area contributed by atoms with Crippen molar-refractivity contribution in [2.45, 2.75) is 11.7 Å². The molecule has 8 nitrogen and oxygen atoms in total. The monoisotopic (exact) mass is 502 g/mol. The van der Waals surface area contributed by atoms with Crippen LogP contribution >= 0.6 is 27.7 Å². The molecule has 1 atom stereocenters. The molecule has 31 heavy (non-hydrogen) atoms. The number of phenols is 1. The zero-order valence-corrected chi connectivity index (χ0v) is 18.6. The number of halogens is 1. The second kappa shape index (κ2) is 10.3. The average molecular weight is 503 g/mol. The zero-order valence-electron chi connectivity index (χ0n) is 16.2. The average Bonchev–Trinajstić information content (AvgIpc) is 3.03. The predicted octanol–water partition coefficient (Wildman–Crippen LogP) is 3.31. The Labute approximate surface area is 191 Å². The summed E-state index contributed by atoms with van der Waals surface area (Å²) in [4.78, 5) is 38.8. The van der Waals surface area contributed by atoms with Crippen LogP contribution in [0.5, 0.6) is 5.75 Å². The molecule has 2 aromatic rings. The Hall–Kier alpha value is -3.11. The predicted molar refractivity (Wildman–Crippen MR) is 124 cm³/mol. The lowest BCUT2D eigenvalue weighted by Gasteiger charge is -2.13. The van der Waals surface area contributed by atoms with Gasteiger partial charge in [0.25, 0.3) is 5.91 Å². The number of amidine groups is 1. The molecule has 3 amide bonds. The maximum Gasteiger partial charge on any atom is 0.275 e. The molecule has 1 unspecified atom stereocenters. The third-order valence-electron chi connectivity index (χ3n) is 4.23. The minimum atomic E-state index is -0.684. The number of nitrogens with zero attached hydrogens (tertiary/aromatic N) is 2. The molecule has 1 saturated heterocycles. The Kier molecular flexibility index (Phi) is 7.48. The van der Waals surface area contributed by atoms with Gasteiger partial charge in [0.15, 0.2) is 5.17 Å².